The molecule has 2 rings (SSSR count). The van der Waals surface area contributed by atoms with Crippen molar-refractivity contribution in [2.45, 2.75) is 12.8 Å². The average molecular weight is 235 g/mol. The molecule has 1 aromatic rings. The summed E-state index contributed by atoms with van der Waals surface area (Å²) in [4.78, 5) is 22.9. The van der Waals surface area contributed by atoms with Crippen molar-refractivity contribution in [3.63, 3.8) is 0 Å². The highest BCUT2D eigenvalue weighted by molar-refractivity contribution is 5.99. The van der Waals surface area contributed by atoms with Gasteiger partial charge >= 0.3 is 5.97 Å². The number of ether oxygens (including phenoxy) is 1. The number of carbonyl (C=O) groups excluding carboxylic acids is 2. The molecule has 0 radical (unpaired) electrons. The van der Waals surface area contributed by atoms with Gasteiger partial charge in [-0.3, -0.25) is 4.79 Å². The molecule has 1 amide bonds. The third kappa shape index (κ3) is 2.38. The van der Waals surface area contributed by atoms with E-state index in [2.05, 4.69) is 10.1 Å². The van der Waals surface area contributed by atoms with Crippen LogP contribution in [-0.2, 0) is 9.53 Å². The van der Waals surface area contributed by atoms with Gasteiger partial charge in [-0.15, -0.1) is 0 Å². The molecule has 1 aliphatic rings. The number of para-hydroxylation sites is 1. The van der Waals surface area contributed by atoms with Crippen LogP contribution in [-0.4, -0.2) is 24.1 Å². The first-order valence-electron chi connectivity index (χ1n) is 5.34. The van der Waals surface area contributed by atoms with Crippen molar-refractivity contribution in [2.75, 3.05) is 12.4 Å². The number of hydrogen-bond acceptors (Lipinski definition) is 4. The maximum absolute atomic E-state index is 11.5. The first-order chi connectivity index (χ1) is 8.13. The molecule has 0 aliphatic heterocycles. The van der Waals surface area contributed by atoms with Crippen LogP contribution in [0.4, 0.5) is 5.69 Å². The molecular weight excluding hydrogens is 222 g/mol. The van der Waals surface area contributed by atoms with Gasteiger partial charge in [-0.1, -0.05) is 6.07 Å². The maximum atomic E-state index is 11.5. The molecule has 1 fully saturated rings. The summed E-state index contributed by atoms with van der Waals surface area (Å²) in [6.07, 6.45) is 1.76. The molecule has 5 nitrogen and oxygen atoms in total. The number of hydrogen-bond donors (Lipinski definition) is 2. The number of anilines is 1. The third-order valence-electron chi connectivity index (χ3n) is 2.65. The molecule has 0 atom stereocenters. The van der Waals surface area contributed by atoms with Crippen molar-refractivity contribution in [3.05, 3.63) is 23.8 Å². The second-order valence-electron chi connectivity index (χ2n) is 3.96. The van der Waals surface area contributed by atoms with Crippen molar-refractivity contribution < 1.29 is 19.4 Å². The molecule has 1 saturated carbocycles. The van der Waals surface area contributed by atoms with Gasteiger partial charge in [-0.2, -0.15) is 0 Å². The van der Waals surface area contributed by atoms with Crippen LogP contribution in [0.2, 0.25) is 0 Å². The Balaban J connectivity index is 2.22. The number of amides is 1. The van der Waals surface area contributed by atoms with Crippen LogP contribution in [0.5, 0.6) is 5.75 Å². The van der Waals surface area contributed by atoms with Crippen LogP contribution in [0.3, 0.4) is 0 Å². The van der Waals surface area contributed by atoms with E-state index in [0.717, 1.165) is 12.8 Å². The minimum absolute atomic E-state index is 0.0381. The Morgan fingerprint density at radius 2 is 2.12 bits per heavy atom. The third-order valence-corrected chi connectivity index (χ3v) is 2.65. The fraction of sp³-hybridized carbons (Fsp3) is 0.333. The van der Waals surface area contributed by atoms with E-state index < -0.39 is 5.97 Å². The van der Waals surface area contributed by atoms with Crippen LogP contribution in [0.15, 0.2) is 18.2 Å². The van der Waals surface area contributed by atoms with Crippen molar-refractivity contribution >= 4 is 17.6 Å². The second kappa shape index (κ2) is 4.45. The van der Waals surface area contributed by atoms with Gasteiger partial charge in [0.2, 0.25) is 5.91 Å². The lowest BCUT2D eigenvalue weighted by Crippen LogP contribution is -2.14. The molecule has 2 N–H and O–H groups in total. The lowest BCUT2D eigenvalue weighted by Gasteiger charge is -2.09. The summed E-state index contributed by atoms with van der Waals surface area (Å²) in [6, 6.07) is 4.56. The summed E-state index contributed by atoms with van der Waals surface area (Å²) in [5, 5.41) is 12.4. The highest BCUT2D eigenvalue weighted by atomic mass is 16.5. The number of phenols is 1. The largest absolute Gasteiger partial charge is 0.505 e. The summed E-state index contributed by atoms with van der Waals surface area (Å²) in [5.74, 6) is -0.975. The normalized spacial score (nSPS) is 14.2. The summed E-state index contributed by atoms with van der Waals surface area (Å²) in [6.45, 7) is 0. The molecule has 0 aromatic heterocycles. The molecule has 1 aromatic carbocycles. The monoisotopic (exact) mass is 235 g/mol. The zero-order chi connectivity index (χ0) is 12.4. The molecule has 0 bridgehead atoms. The summed E-state index contributed by atoms with van der Waals surface area (Å²) in [7, 11) is 1.23. The molecule has 0 spiro atoms. The van der Waals surface area contributed by atoms with E-state index in [4.69, 9.17) is 0 Å². The topological polar surface area (TPSA) is 75.6 Å². The molecule has 0 heterocycles. The summed E-state index contributed by atoms with van der Waals surface area (Å²) >= 11 is 0. The molecule has 17 heavy (non-hydrogen) atoms. The SMILES string of the molecule is COC(=O)c1cccc(NC(=O)C2CC2)c1O. The standard InChI is InChI=1S/C12H13NO4/c1-17-12(16)8-3-2-4-9(10(8)14)13-11(15)7-5-6-7/h2-4,7,14H,5-6H2,1H3,(H,13,15). The van der Waals surface area contributed by atoms with Gasteiger partial charge < -0.3 is 15.2 Å². The predicted molar refractivity (Wildman–Crippen MR) is 60.8 cm³/mol. The van der Waals surface area contributed by atoms with Crippen LogP contribution >= 0.6 is 0 Å². The molecule has 0 unspecified atom stereocenters. The average Bonchev–Trinajstić information content (AvgIpc) is 3.14. The van der Waals surface area contributed by atoms with Crippen molar-refractivity contribution in [2.24, 2.45) is 5.92 Å². The fourth-order valence-corrected chi connectivity index (χ4v) is 1.50. The van der Waals surface area contributed by atoms with Crippen molar-refractivity contribution in [1.82, 2.24) is 0 Å². The van der Waals surface area contributed by atoms with Gasteiger partial charge in [0.25, 0.3) is 0 Å². The van der Waals surface area contributed by atoms with E-state index in [1.165, 1.54) is 13.2 Å². The van der Waals surface area contributed by atoms with Gasteiger partial charge in [0, 0.05) is 5.92 Å². The quantitative estimate of drug-likeness (QED) is 0.615. The molecule has 1 aliphatic carbocycles. The Bertz CT molecular complexity index is 466. The minimum Gasteiger partial charge on any atom is -0.505 e. The number of aromatic hydroxyl groups is 1. The fourth-order valence-electron chi connectivity index (χ4n) is 1.50. The van der Waals surface area contributed by atoms with Crippen LogP contribution in [0.1, 0.15) is 23.2 Å². The molecule has 90 valence electrons. The minimum atomic E-state index is -0.634. The van der Waals surface area contributed by atoms with E-state index in [-0.39, 0.29) is 28.8 Å². The van der Waals surface area contributed by atoms with Crippen molar-refractivity contribution in [1.29, 1.82) is 0 Å². The Kier molecular flexibility index (Phi) is 2.99. The second-order valence-corrected chi connectivity index (χ2v) is 3.96. The van der Waals surface area contributed by atoms with Gasteiger partial charge in [-0.05, 0) is 25.0 Å². The van der Waals surface area contributed by atoms with E-state index >= 15 is 0 Å². The van der Waals surface area contributed by atoms with Crippen LogP contribution in [0.25, 0.3) is 0 Å². The lowest BCUT2D eigenvalue weighted by atomic mass is 10.1. The lowest BCUT2D eigenvalue weighted by molar-refractivity contribution is -0.117. The highest BCUT2D eigenvalue weighted by Gasteiger charge is 2.30. The predicted octanol–water partition coefficient (Wildman–Crippen LogP) is 1.53. The van der Waals surface area contributed by atoms with E-state index in [1.54, 1.807) is 12.1 Å². The number of rotatable bonds is 3. The van der Waals surface area contributed by atoms with Gasteiger partial charge in [0.05, 0.1) is 12.8 Å². The smallest absolute Gasteiger partial charge is 0.341 e. The first-order valence-corrected chi connectivity index (χ1v) is 5.34. The van der Waals surface area contributed by atoms with Crippen LogP contribution < -0.4 is 5.32 Å². The Morgan fingerprint density at radius 1 is 1.41 bits per heavy atom. The molecule has 5 heteroatoms. The summed E-state index contributed by atoms with van der Waals surface area (Å²) in [5.41, 5.74) is 0.283. The zero-order valence-corrected chi connectivity index (χ0v) is 9.40. The van der Waals surface area contributed by atoms with Crippen molar-refractivity contribution in [3.8, 4) is 5.75 Å². The summed E-state index contributed by atoms with van der Waals surface area (Å²) < 4.78 is 4.53. The zero-order valence-electron chi connectivity index (χ0n) is 9.40. The van der Waals surface area contributed by atoms with Gasteiger partial charge in [0.1, 0.15) is 5.56 Å². The molecular formula is C12H13NO4. The number of phenolic OH excluding ortho intramolecular Hbond substituents is 1. The Hall–Kier alpha value is -2.04. The number of esters is 1. The van der Waals surface area contributed by atoms with E-state index in [9.17, 15) is 14.7 Å². The molecule has 0 saturated heterocycles. The number of benzene rings is 1. The highest BCUT2D eigenvalue weighted by Crippen LogP contribution is 2.33. The van der Waals surface area contributed by atoms with Crippen LogP contribution in [0, 0.1) is 5.92 Å². The Labute approximate surface area is 98.4 Å². The number of nitrogens with one attached hydrogen (secondary N) is 1. The number of methoxy groups -OCH3 is 1. The van der Waals surface area contributed by atoms with E-state index in [0.29, 0.717) is 0 Å². The van der Waals surface area contributed by atoms with Gasteiger partial charge in [-0.25, -0.2) is 4.79 Å². The van der Waals surface area contributed by atoms with Gasteiger partial charge in [0.15, 0.2) is 5.75 Å². The first kappa shape index (κ1) is 11.4. The maximum Gasteiger partial charge on any atom is 0.341 e. The number of carbonyl (C=O) groups is 2. The van der Waals surface area contributed by atoms with E-state index in [1.807, 2.05) is 0 Å². The Morgan fingerprint density at radius 3 is 2.71 bits per heavy atom.